The third kappa shape index (κ3) is 5.62. The topological polar surface area (TPSA) is 86.7 Å². The molecule has 3 unspecified atom stereocenters. The van der Waals surface area contributed by atoms with Crippen molar-refractivity contribution in [3.8, 4) is 0 Å². The molecule has 0 N–H and O–H groups in total. The van der Waals surface area contributed by atoms with Crippen molar-refractivity contribution >= 4 is 20.2 Å². The van der Waals surface area contributed by atoms with Crippen molar-refractivity contribution < 1.29 is 25.2 Å². The molecule has 0 bridgehead atoms. The van der Waals surface area contributed by atoms with E-state index >= 15 is 0 Å². The number of benzene rings is 2. The number of rotatable bonds is 9. The molecule has 6 nitrogen and oxygen atoms in total. The Morgan fingerprint density at radius 1 is 0.741 bits per heavy atom. The third-order valence-corrected chi connectivity index (χ3v) is 6.98. The molecule has 148 valence electrons. The van der Waals surface area contributed by atoms with Crippen LogP contribution in [0.25, 0.3) is 0 Å². The van der Waals surface area contributed by atoms with E-state index in [0.29, 0.717) is 6.42 Å². The molecule has 8 heteroatoms. The molecule has 0 saturated carbocycles. The van der Waals surface area contributed by atoms with E-state index in [1.807, 2.05) is 6.92 Å². The van der Waals surface area contributed by atoms with Gasteiger partial charge in [0.25, 0.3) is 20.2 Å². The zero-order valence-electron chi connectivity index (χ0n) is 15.5. The zero-order chi connectivity index (χ0) is 20.1. The Balaban J connectivity index is 2.26. The van der Waals surface area contributed by atoms with Crippen LogP contribution in [0.5, 0.6) is 0 Å². The quantitative estimate of drug-likeness (QED) is 0.585. The predicted octanol–water partition coefficient (Wildman–Crippen LogP) is 3.60. The van der Waals surface area contributed by atoms with Crippen LogP contribution >= 0.6 is 0 Å². The molecule has 2 aromatic carbocycles. The Morgan fingerprint density at radius 3 is 1.56 bits per heavy atom. The van der Waals surface area contributed by atoms with Gasteiger partial charge in [-0.3, -0.25) is 8.37 Å². The summed E-state index contributed by atoms with van der Waals surface area (Å²) in [5.41, 5.74) is 0. The predicted molar refractivity (Wildman–Crippen MR) is 102 cm³/mol. The molecule has 3 atom stereocenters. The van der Waals surface area contributed by atoms with Crippen LogP contribution < -0.4 is 0 Å². The Morgan fingerprint density at radius 2 is 1.15 bits per heavy atom. The summed E-state index contributed by atoms with van der Waals surface area (Å²) in [7, 11) is -8.10. The average Bonchev–Trinajstić information content (AvgIpc) is 2.66. The SMILES string of the molecule is CCC(C)C(OS(=O)(=O)c1ccccc1)C(C)OS(=O)(=O)c1ccccc1. The third-order valence-electron chi connectivity index (χ3n) is 4.25. The van der Waals surface area contributed by atoms with Crippen molar-refractivity contribution in [3.05, 3.63) is 60.7 Å². The fourth-order valence-corrected chi connectivity index (χ4v) is 4.91. The number of hydrogen-bond acceptors (Lipinski definition) is 6. The van der Waals surface area contributed by atoms with Gasteiger partial charge in [-0.2, -0.15) is 16.8 Å². The maximum Gasteiger partial charge on any atom is 0.297 e. The molecule has 0 amide bonds. The van der Waals surface area contributed by atoms with Crippen LogP contribution in [0, 0.1) is 5.92 Å². The van der Waals surface area contributed by atoms with Gasteiger partial charge in [0.15, 0.2) is 0 Å². The molecular formula is C19H24O6S2. The molecule has 0 aliphatic rings. The van der Waals surface area contributed by atoms with E-state index in [0.717, 1.165) is 0 Å². The lowest BCUT2D eigenvalue weighted by Gasteiger charge is -2.28. The van der Waals surface area contributed by atoms with Gasteiger partial charge in [0.05, 0.1) is 9.79 Å². The van der Waals surface area contributed by atoms with Crippen molar-refractivity contribution in [1.82, 2.24) is 0 Å². The van der Waals surface area contributed by atoms with Gasteiger partial charge >= 0.3 is 0 Å². The fraction of sp³-hybridized carbons (Fsp3) is 0.368. The van der Waals surface area contributed by atoms with Crippen molar-refractivity contribution in [2.24, 2.45) is 5.92 Å². The van der Waals surface area contributed by atoms with E-state index in [1.54, 1.807) is 43.3 Å². The fourth-order valence-electron chi connectivity index (χ4n) is 2.55. The van der Waals surface area contributed by atoms with E-state index in [9.17, 15) is 16.8 Å². The maximum atomic E-state index is 12.6. The first kappa shape index (κ1) is 21.6. The summed E-state index contributed by atoms with van der Waals surface area (Å²) in [4.78, 5) is 0.0158. The second kappa shape index (κ2) is 8.97. The summed E-state index contributed by atoms with van der Waals surface area (Å²) in [6.07, 6.45) is -1.36. The average molecular weight is 413 g/mol. The summed E-state index contributed by atoms with van der Waals surface area (Å²) in [5, 5.41) is 0. The molecule has 0 heterocycles. The first-order valence-electron chi connectivity index (χ1n) is 8.64. The highest BCUT2D eigenvalue weighted by Gasteiger charge is 2.33. The normalized spacial score (nSPS) is 15.8. The molecule has 0 aliphatic heterocycles. The molecule has 27 heavy (non-hydrogen) atoms. The monoisotopic (exact) mass is 412 g/mol. The van der Waals surface area contributed by atoms with E-state index in [2.05, 4.69) is 0 Å². The Bertz CT molecular complexity index is 925. The van der Waals surface area contributed by atoms with E-state index < -0.39 is 32.4 Å². The van der Waals surface area contributed by atoms with Crippen LogP contribution in [-0.4, -0.2) is 29.0 Å². The van der Waals surface area contributed by atoms with E-state index in [-0.39, 0.29) is 15.7 Å². The molecule has 0 spiro atoms. The second-order valence-electron chi connectivity index (χ2n) is 6.28. The van der Waals surface area contributed by atoms with Crippen molar-refractivity contribution in [2.45, 2.75) is 49.2 Å². The van der Waals surface area contributed by atoms with Crippen molar-refractivity contribution in [2.75, 3.05) is 0 Å². The molecule has 2 aromatic rings. The maximum absolute atomic E-state index is 12.6. The highest BCUT2D eigenvalue weighted by atomic mass is 32.2. The molecule has 0 aromatic heterocycles. The van der Waals surface area contributed by atoms with Crippen LogP contribution in [0.3, 0.4) is 0 Å². The first-order chi connectivity index (χ1) is 12.7. The molecular weight excluding hydrogens is 388 g/mol. The molecule has 0 radical (unpaired) electrons. The van der Waals surface area contributed by atoms with Gasteiger partial charge in [-0.25, -0.2) is 0 Å². The minimum atomic E-state index is -4.05. The molecule has 0 fully saturated rings. The standard InChI is InChI=1S/C19H24O6S2/c1-4-15(2)19(25-27(22,23)18-13-9-6-10-14-18)16(3)24-26(20,21)17-11-7-5-8-12-17/h5-16,19H,4H2,1-3H3. The van der Waals surface area contributed by atoms with Crippen LogP contribution in [0.1, 0.15) is 27.2 Å². The summed E-state index contributed by atoms with van der Waals surface area (Å²) in [6.45, 7) is 5.16. The van der Waals surface area contributed by atoms with E-state index in [4.69, 9.17) is 8.37 Å². The van der Waals surface area contributed by atoms with Crippen LogP contribution in [0.4, 0.5) is 0 Å². The molecule has 0 saturated heterocycles. The van der Waals surface area contributed by atoms with Crippen molar-refractivity contribution in [1.29, 1.82) is 0 Å². The lowest BCUT2D eigenvalue weighted by Crippen LogP contribution is -2.38. The Kier molecular flexibility index (Phi) is 7.16. The van der Waals surface area contributed by atoms with Gasteiger partial charge in [0, 0.05) is 0 Å². The van der Waals surface area contributed by atoms with Gasteiger partial charge in [0.1, 0.15) is 12.2 Å². The Hall–Kier alpha value is -1.74. The van der Waals surface area contributed by atoms with Crippen LogP contribution in [0.15, 0.2) is 70.5 Å². The minimum absolute atomic E-state index is 0.00525. The lowest BCUT2D eigenvalue weighted by atomic mass is 9.98. The first-order valence-corrected chi connectivity index (χ1v) is 11.5. The van der Waals surface area contributed by atoms with Gasteiger partial charge in [0.2, 0.25) is 0 Å². The molecule has 0 aliphatic carbocycles. The van der Waals surface area contributed by atoms with Crippen LogP contribution in [-0.2, 0) is 28.6 Å². The minimum Gasteiger partial charge on any atom is -0.261 e. The van der Waals surface area contributed by atoms with Gasteiger partial charge < -0.3 is 0 Å². The highest BCUT2D eigenvalue weighted by Crippen LogP contribution is 2.25. The van der Waals surface area contributed by atoms with Crippen LogP contribution in [0.2, 0.25) is 0 Å². The smallest absolute Gasteiger partial charge is 0.261 e. The van der Waals surface area contributed by atoms with Gasteiger partial charge in [-0.1, -0.05) is 56.7 Å². The summed E-state index contributed by atoms with van der Waals surface area (Å²) < 4.78 is 60.8. The summed E-state index contributed by atoms with van der Waals surface area (Å²) in [6, 6.07) is 15.4. The lowest BCUT2D eigenvalue weighted by molar-refractivity contribution is 0.0370. The highest BCUT2D eigenvalue weighted by molar-refractivity contribution is 7.87. The summed E-state index contributed by atoms with van der Waals surface area (Å²) in [5.74, 6) is -0.246. The van der Waals surface area contributed by atoms with E-state index in [1.165, 1.54) is 31.2 Å². The summed E-state index contributed by atoms with van der Waals surface area (Å²) >= 11 is 0. The largest absolute Gasteiger partial charge is 0.297 e. The van der Waals surface area contributed by atoms with Gasteiger partial charge in [-0.15, -0.1) is 0 Å². The molecule has 2 rings (SSSR count). The Labute approximate surface area is 161 Å². The second-order valence-corrected chi connectivity index (χ2v) is 9.43. The number of hydrogen-bond donors (Lipinski definition) is 0. The van der Waals surface area contributed by atoms with Crippen molar-refractivity contribution in [3.63, 3.8) is 0 Å². The van der Waals surface area contributed by atoms with Gasteiger partial charge in [-0.05, 0) is 37.1 Å². The zero-order valence-corrected chi connectivity index (χ0v) is 17.1.